The predicted octanol–water partition coefficient (Wildman–Crippen LogP) is 1.19. The number of nitrogens with zero attached hydrogens (tertiary/aromatic N) is 1. The summed E-state index contributed by atoms with van der Waals surface area (Å²) in [5, 5.41) is 8.64. The average Bonchev–Trinajstić information content (AvgIpc) is 2.66. The third kappa shape index (κ3) is 1.73. The molecule has 2 rings (SSSR count). The highest BCUT2D eigenvalue weighted by Crippen LogP contribution is 2.18. The van der Waals surface area contributed by atoms with Gasteiger partial charge in [0.15, 0.2) is 6.04 Å². The van der Waals surface area contributed by atoms with Crippen molar-refractivity contribution in [2.45, 2.75) is 6.04 Å². The molecule has 0 aromatic heterocycles. The van der Waals surface area contributed by atoms with Crippen LogP contribution in [-0.2, 0) is 9.53 Å². The number of ether oxygens (including phenoxy) is 1. The number of benzene rings is 1. The monoisotopic (exact) mass is 227 g/mol. The minimum absolute atomic E-state index is 0.210. The molecule has 1 N–H and O–H groups in total. The Bertz CT molecular complexity index is 453. The van der Waals surface area contributed by atoms with Crippen LogP contribution in [0.4, 0.5) is 8.78 Å². The number of aliphatic imine (C=N–C) groups is 1. The van der Waals surface area contributed by atoms with Crippen molar-refractivity contribution in [1.82, 2.24) is 0 Å². The van der Waals surface area contributed by atoms with Crippen LogP contribution >= 0.6 is 0 Å². The van der Waals surface area contributed by atoms with Gasteiger partial charge in [-0.3, -0.25) is 0 Å². The van der Waals surface area contributed by atoms with Gasteiger partial charge in [-0.2, -0.15) is 0 Å². The van der Waals surface area contributed by atoms with Gasteiger partial charge in [0.2, 0.25) is 5.90 Å². The molecule has 1 aromatic carbocycles. The van der Waals surface area contributed by atoms with Crippen LogP contribution in [0.1, 0.15) is 5.56 Å². The largest absolute Gasteiger partial charge is 0.480 e. The molecule has 0 aliphatic carbocycles. The zero-order valence-electron chi connectivity index (χ0n) is 7.98. The van der Waals surface area contributed by atoms with Gasteiger partial charge >= 0.3 is 5.97 Å². The van der Waals surface area contributed by atoms with Crippen molar-refractivity contribution < 1.29 is 23.4 Å². The average molecular weight is 227 g/mol. The second-order valence-electron chi connectivity index (χ2n) is 3.20. The lowest BCUT2D eigenvalue weighted by Gasteiger charge is -2.03. The number of carboxylic acids is 1. The smallest absolute Gasteiger partial charge is 0.332 e. The molecule has 0 spiro atoms. The van der Waals surface area contributed by atoms with E-state index in [1.807, 2.05) is 0 Å². The van der Waals surface area contributed by atoms with Crippen molar-refractivity contribution in [2.24, 2.45) is 4.99 Å². The van der Waals surface area contributed by atoms with Gasteiger partial charge < -0.3 is 9.84 Å². The van der Waals surface area contributed by atoms with Gasteiger partial charge in [0.1, 0.15) is 23.8 Å². The van der Waals surface area contributed by atoms with E-state index < -0.39 is 29.2 Å². The predicted molar refractivity (Wildman–Crippen MR) is 50.3 cm³/mol. The van der Waals surface area contributed by atoms with Crippen LogP contribution in [0.3, 0.4) is 0 Å². The van der Waals surface area contributed by atoms with Crippen LogP contribution in [-0.4, -0.2) is 29.6 Å². The SMILES string of the molecule is O=C(O)C1COC(c2c(F)cccc2F)=N1. The quantitative estimate of drug-likeness (QED) is 0.825. The Balaban J connectivity index is 2.39. The molecule has 1 atom stereocenters. The second kappa shape index (κ2) is 3.88. The first-order valence-electron chi connectivity index (χ1n) is 4.47. The van der Waals surface area contributed by atoms with Crippen molar-refractivity contribution in [2.75, 3.05) is 6.61 Å². The molecule has 0 bridgehead atoms. The normalized spacial score (nSPS) is 19.1. The lowest BCUT2D eigenvalue weighted by Crippen LogP contribution is -2.18. The Morgan fingerprint density at radius 3 is 2.56 bits per heavy atom. The highest BCUT2D eigenvalue weighted by atomic mass is 19.1. The van der Waals surface area contributed by atoms with Crippen LogP contribution in [0, 0.1) is 11.6 Å². The molecule has 0 saturated heterocycles. The van der Waals surface area contributed by atoms with E-state index in [0.29, 0.717) is 0 Å². The fourth-order valence-corrected chi connectivity index (χ4v) is 1.34. The summed E-state index contributed by atoms with van der Waals surface area (Å²) in [7, 11) is 0. The van der Waals surface area contributed by atoms with E-state index in [2.05, 4.69) is 4.99 Å². The highest BCUT2D eigenvalue weighted by molar-refractivity contribution is 5.97. The summed E-state index contributed by atoms with van der Waals surface area (Å²) < 4.78 is 31.4. The Labute approximate surface area is 89.2 Å². The van der Waals surface area contributed by atoms with E-state index in [1.54, 1.807) is 0 Å². The molecule has 1 aliphatic heterocycles. The van der Waals surface area contributed by atoms with E-state index in [0.717, 1.165) is 12.1 Å². The molecule has 1 heterocycles. The van der Waals surface area contributed by atoms with Gasteiger partial charge in [-0.1, -0.05) is 6.07 Å². The van der Waals surface area contributed by atoms with Crippen molar-refractivity contribution in [1.29, 1.82) is 0 Å². The summed E-state index contributed by atoms with van der Waals surface area (Å²) in [4.78, 5) is 14.2. The minimum Gasteiger partial charge on any atom is -0.480 e. The third-order valence-corrected chi connectivity index (χ3v) is 2.11. The molecular weight excluding hydrogens is 220 g/mol. The first kappa shape index (κ1) is 10.5. The number of hydrogen-bond donors (Lipinski definition) is 1. The summed E-state index contributed by atoms with van der Waals surface area (Å²) in [6.07, 6.45) is 0. The zero-order chi connectivity index (χ0) is 11.7. The summed E-state index contributed by atoms with van der Waals surface area (Å²) in [5.74, 6) is -3.15. The molecular formula is C10H7F2NO3. The second-order valence-corrected chi connectivity index (χ2v) is 3.20. The summed E-state index contributed by atoms with van der Waals surface area (Å²) in [6.45, 7) is -0.210. The fourth-order valence-electron chi connectivity index (χ4n) is 1.34. The van der Waals surface area contributed by atoms with E-state index in [1.165, 1.54) is 6.07 Å². The molecule has 0 amide bonds. The van der Waals surface area contributed by atoms with E-state index >= 15 is 0 Å². The highest BCUT2D eigenvalue weighted by Gasteiger charge is 2.29. The molecule has 0 saturated carbocycles. The van der Waals surface area contributed by atoms with Gasteiger partial charge in [0, 0.05) is 0 Å². The van der Waals surface area contributed by atoms with Crippen LogP contribution in [0.15, 0.2) is 23.2 Å². The Hall–Kier alpha value is -1.98. The maximum absolute atomic E-state index is 13.3. The van der Waals surface area contributed by atoms with Crippen molar-refractivity contribution in [3.8, 4) is 0 Å². The van der Waals surface area contributed by atoms with Gasteiger partial charge in [-0.15, -0.1) is 0 Å². The standard InChI is InChI=1S/C10H7F2NO3/c11-5-2-1-3-6(12)8(5)9-13-7(4-16-9)10(14)15/h1-3,7H,4H2,(H,14,15). The number of carboxylic acid groups (broad SMARTS) is 1. The Morgan fingerprint density at radius 2 is 2.06 bits per heavy atom. The summed E-state index contributed by atoms with van der Waals surface area (Å²) in [5.41, 5.74) is -0.425. The molecule has 6 heteroatoms. The van der Waals surface area contributed by atoms with Gasteiger partial charge in [-0.25, -0.2) is 18.6 Å². The first-order chi connectivity index (χ1) is 7.59. The van der Waals surface area contributed by atoms with Gasteiger partial charge in [-0.05, 0) is 12.1 Å². The van der Waals surface area contributed by atoms with E-state index in [4.69, 9.17) is 9.84 Å². The molecule has 84 valence electrons. The number of aliphatic carboxylic acids is 1. The van der Waals surface area contributed by atoms with Crippen LogP contribution < -0.4 is 0 Å². The Morgan fingerprint density at radius 1 is 1.44 bits per heavy atom. The Kier molecular flexibility index (Phi) is 2.55. The van der Waals surface area contributed by atoms with E-state index in [-0.39, 0.29) is 12.5 Å². The molecule has 1 aliphatic rings. The molecule has 1 aromatic rings. The third-order valence-electron chi connectivity index (χ3n) is 2.11. The van der Waals surface area contributed by atoms with Gasteiger partial charge in [0.25, 0.3) is 0 Å². The topological polar surface area (TPSA) is 58.9 Å². The van der Waals surface area contributed by atoms with Crippen molar-refractivity contribution in [3.05, 3.63) is 35.4 Å². The summed E-state index contributed by atoms with van der Waals surface area (Å²) in [6, 6.07) is 2.21. The number of hydrogen-bond acceptors (Lipinski definition) is 3. The first-order valence-corrected chi connectivity index (χ1v) is 4.47. The number of carbonyl (C=O) groups is 1. The lowest BCUT2D eigenvalue weighted by atomic mass is 10.2. The van der Waals surface area contributed by atoms with Gasteiger partial charge in [0.05, 0.1) is 0 Å². The maximum Gasteiger partial charge on any atom is 0.332 e. The minimum atomic E-state index is -1.19. The number of rotatable bonds is 2. The van der Waals surface area contributed by atoms with Crippen LogP contribution in [0.2, 0.25) is 0 Å². The number of halogens is 2. The van der Waals surface area contributed by atoms with Crippen LogP contribution in [0.5, 0.6) is 0 Å². The van der Waals surface area contributed by atoms with Crippen molar-refractivity contribution >= 4 is 11.9 Å². The molecule has 1 unspecified atom stereocenters. The summed E-state index contributed by atoms with van der Waals surface area (Å²) >= 11 is 0. The molecule has 0 fully saturated rings. The zero-order valence-corrected chi connectivity index (χ0v) is 7.98. The van der Waals surface area contributed by atoms with Crippen molar-refractivity contribution in [3.63, 3.8) is 0 Å². The van der Waals surface area contributed by atoms with Crippen LogP contribution in [0.25, 0.3) is 0 Å². The molecule has 4 nitrogen and oxygen atoms in total. The molecule has 0 radical (unpaired) electrons. The van der Waals surface area contributed by atoms with E-state index in [9.17, 15) is 13.6 Å². The fraction of sp³-hybridized carbons (Fsp3) is 0.200. The molecule has 16 heavy (non-hydrogen) atoms. The maximum atomic E-state index is 13.3. The lowest BCUT2D eigenvalue weighted by molar-refractivity contribution is -0.138.